The van der Waals surface area contributed by atoms with Crippen LogP contribution in [0.1, 0.15) is 153 Å². The van der Waals surface area contributed by atoms with Crippen molar-refractivity contribution < 1.29 is 22.5 Å². The molecule has 6 atom stereocenters. The zero-order valence-electron chi connectivity index (χ0n) is 42.8. The van der Waals surface area contributed by atoms with E-state index in [1.807, 2.05) is 13.8 Å². The lowest BCUT2D eigenvalue weighted by molar-refractivity contribution is -0.133. The lowest BCUT2D eigenvalue weighted by atomic mass is 9.60. The van der Waals surface area contributed by atoms with Crippen LogP contribution >= 0.6 is 0 Å². The Morgan fingerprint density at radius 3 is 1.90 bits per heavy atom. The summed E-state index contributed by atoms with van der Waals surface area (Å²) in [6, 6.07) is 0. The molecule has 0 aromatic rings. The van der Waals surface area contributed by atoms with Gasteiger partial charge in [0.05, 0.1) is 17.8 Å². The first-order chi connectivity index (χ1) is 26.4. The SMILES string of the molecule is C=C1C(=CC=C2CCC[C@@]3(C)C2CCC3[C@@H](CCCC(C)(C)O[Si](C)(C)C)CCC(=O)C(C)(C)O[Si](C)(C)C)CC(O[Si](C)(C)C(C)(C)C)C[C@@H]1O[Si](C)(C)C(C)(C)C. The highest BCUT2D eigenvalue weighted by molar-refractivity contribution is 6.74. The molecule has 3 rings (SSSR count). The molecule has 0 aromatic carbocycles. The van der Waals surface area contributed by atoms with Gasteiger partial charge >= 0.3 is 0 Å². The monoisotopic (exact) mass is 889 g/mol. The van der Waals surface area contributed by atoms with Gasteiger partial charge in [0.15, 0.2) is 39.1 Å². The molecule has 3 fully saturated rings. The van der Waals surface area contributed by atoms with Gasteiger partial charge in [-0.1, -0.05) is 85.6 Å². The Bertz CT molecular complexity index is 1510. The number of fused-ring (bicyclic) bond motifs is 1. The minimum atomic E-state index is -2.04. The number of Topliss-reactive ketones (excluding diaryl/α,β-unsaturated/α-hetero) is 1. The Kier molecular flexibility index (Phi) is 17.0. The molecular weight excluding hydrogens is 793 g/mol. The van der Waals surface area contributed by atoms with Crippen molar-refractivity contribution in [3.05, 3.63) is 35.5 Å². The summed E-state index contributed by atoms with van der Waals surface area (Å²) in [5.41, 5.74) is 3.49. The van der Waals surface area contributed by atoms with Crippen LogP contribution in [0.3, 0.4) is 0 Å². The van der Waals surface area contributed by atoms with Crippen molar-refractivity contribution in [3.63, 3.8) is 0 Å². The number of carbonyl (C=O) groups is 1. The minimum Gasteiger partial charge on any atom is -0.413 e. The zero-order valence-corrected chi connectivity index (χ0v) is 46.8. The van der Waals surface area contributed by atoms with E-state index in [4.69, 9.17) is 24.3 Å². The van der Waals surface area contributed by atoms with Crippen molar-refractivity contribution in [3.8, 4) is 0 Å². The van der Waals surface area contributed by atoms with Crippen LogP contribution in [0.5, 0.6) is 0 Å². The van der Waals surface area contributed by atoms with E-state index in [2.05, 4.69) is 140 Å². The molecule has 0 aromatic heterocycles. The number of rotatable bonds is 18. The molecule has 0 N–H and O–H groups in total. The highest BCUT2D eigenvalue weighted by atomic mass is 28.4. The fourth-order valence-electron chi connectivity index (χ4n) is 10.5. The molecule has 0 saturated heterocycles. The minimum absolute atomic E-state index is 0.0118. The van der Waals surface area contributed by atoms with Gasteiger partial charge in [-0.15, -0.1) is 0 Å². The maximum atomic E-state index is 13.9. The van der Waals surface area contributed by atoms with Crippen LogP contribution in [0.2, 0.25) is 75.5 Å². The Labute approximate surface area is 370 Å². The normalized spacial score (nSPS) is 27.7. The van der Waals surface area contributed by atoms with Gasteiger partial charge in [0.2, 0.25) is 0 Å². The molecule has 0 aliphatic heterocycles. The molecular formula is C50H96O5Si4. The number of ketones is 1. The summed E-state index contributed by atoms with van der Waals surface area (Å²) in [5.74, 6) is 1.96. The molecule has 0 heterocycles. The molecule has 0 bridgehead atoms. The Morgan fingerprint density at radius 1 is 0.797 bits per heavy atom. The average Bonchev–Trinajstić information content (AvgIpc) is 3.36. The zero-order chi connectivity index (χ0) is 45.4. The van der Waals surface area contributed by atoms with Crippen LogP contribution < -0.4 is 0 Å². The molecule has 3 aliphatic rings. The third-order valence-electron chi connectivity index (χ3n) is 15.3. The van der Waals surface area contributed by atoms with Crippen molar-refractivity contribution in [2.75, 3.05) is 0 Å². The second-order valence-electron chi connectivity index (χ2n) is 25.7. The predicted octanol–water partition coefficient (Wildman–Crippen LogP) is 15.6. The van der Waals surface area contributed by atoms with Gasteiger partial charge in [0.1, 0.15) is 5.60 Å². The van der Waals surface area contributed by atoms with E-state index in [-0.39, 0.29) is 39.1 Å². The van der Waals surface area contributed by atoms with Crippen molar-refractivity contribution >= 4 is 39.1 Å². The number of carbonyl (C=O) groups excluding carboxylic acids is 1. The smallest absolute Gasteiger partial charge is 0.192 e. The molecule has 0 radical (unpaired) electrons. The first-order valence-corrected chi connectivity index (χ1v) is 36.4. The second-order valence-corrected chi connectivity index (χ2v) is 44.0. The lowest BCUT2D eigenvalue weighted by Crippen LogP contribution is -2.49. The third-order valence-corrected chi connectivity index (χ3v) is 26.6. The van der Waals surface area contributed by atoms with Crippen molar-refractivity contribution in [1.82, 2.24) is 0 Å². The summed E-state index contributed by atoms with van der Waals surface area (Å²) in [6.45, 7) is 52.9. The molecule has 59 heavy (non-hydrogen) atoms. The summed E-state index contributed by atoms with van der Waals surface area (Å²) >= 11 is 0. The fraction of sp³-hybridized carbons (Fsp3) is 0.860. The van der Waals surface area contributed by atoms with Gasteiger partial charge in [-0.05, 0) is 189 Å². The van der Waals surface area contributed by atoms with E-state index in [0.717, 1.165) is 44.1 Å². The van der Waals surface area contributed by atoms with Crippen LogP contribution in [-0.4, -0.2) is 62.5 Å². The highest BCUT2D eigenvalue weighted by Crippen LogP contribution is 2.61. The number of allylic oxidation sites excluding steroid dienone is 3. The van der Waals surface area contributed by atoms with E-state index in [0.29, 0.717) is 24.2 Å². The van der Waals surface area contributed by atoms with E-state index >= 15 is 0 Å². The number of hydrogen-bond acceptors (Lipinski definition) is 5. The summed E-state index contributed by atoms with van der Waals surface area (Å²) in [6.07, 6.45) is 17.9. The van der Waals surface area contributed by atoms with Gasteiger partial charge in [-0.2, -0.15) is 0 Å². The van der Waals surface area contributed by atoms with Crippen LogP contribution in [0.4, 0.5) is 0 Å². The average molecular weight is 890 g/mol. The Morgan fingerprint density at radius 2 is 1.36 bits per heavy atom. The standard InChI is InChI=1S/C50H96O5Si4/c1-37-40(35-41(52-58(19,20)46(2,3)4)36-44(37)53-59(21,22)47(5,6)7)28-27-38-26-24-34-50(12)42(38)30-31-43(50)39(25-23-33-48(8,9)54-56(13,14)15)29-32-45(51)49(10,11)55-57(16,17)18/h27-28,39,41-44H,1,23-26,29-36H2,2-22H3/t39-,41?,42?,43?,44-,50-/m0/s1. The van der Waals surface area contributed by atoms with Gasteiger partial charge in [0, 0.05) is 12.8 Å². The molecule has 3 saturated carbocycles. The summed E-state index contributed by atoms with van der Waals surface area (Å²) in [7, 11) is -7.55. The van der Waals surface area contributed by atoms with Crippen LogP contribution in [0.15, 0.2) is 35.5 Å². The number of hydrogen-bond donors (Lipinski definition) is 0. The first-order valence-electron chi connectivity index (χ1n) is 23.8. The van der Waals surface area contributed by atoms with Gasteiger partial charge in [-0.3, -0.25) is 4.79 Å². The van der Waals surface area contributed by atoms with E-state index < -0.39 is 38.9 Å². The fourth-order valence-corrected chi connectivity index (χ4v) is 16.5. The lowest BCUT2D eigenvalue weighted by Gasteiger charge is -2.46. The summed E-state index contributed by atoms with van der Waals surface area (Å²) in [5, 5.41) is 0.273. The quantitative estimate of drug-likeness (QED) is 0.128. The second kappa shape index (κ2) is 19.0. The molecule has 0 spiro atoms. The van der Waals surface area contributed by atoms with E-state index in [9.17, 15) is 4.79 Å². The predicted molar refractivity (Wildman–Crippen MR) is 265 cm³/mol. The van der Waals surface area contributed by atoms with Crippen LogP contribution in [0.25, 0.3) is 0 Å². The topological polar surface area (TPSA) is 54.0 Å². The summed E-state index contributed by atoms with van der Waals surface area (Å²) in [4.78, 5) is 13.9. The van der Waals surface area contributed by atoms with E-state index in [1.165, 1.54) is 37.7 Å². The van der Waals surface area contributed by atoms with Crippen molar-refractivity contribution in [2.45, 2.75) is 252 Å². The van der Waals surface area contributed by atoms with Crippen molar-refractivity contribution in [1.29, 1.82) is 0 Å². The van der Waals surface area contributed by atoms with Gasteiger partial charge in [0.25, 0.3) is 0 Å². The third kappa shape index (κ3) is 14.6. The largest absolute Gasteiger partial charge is 0.413 e. The maximum absolute atomic E-state index is 13.9. The molecule has 342 valence electrons. The Hall–Kier alpha value is -0.402. The van der Waals surface area contributed by atoms with Crippen LogP contribution in [-0.2, 0) is 22.5 Å². The highest BCUT2D eigenvalue weighted by Gasteiger charge is 2.52. The first kappa shape index (κ1) is 52.9. The van der Waals surface area contributed by atoms with E-state index in [1.54, 1.807) is 5.57 Å². The molecule has 3 aliphatic carbocycles. The Balaban J connectivity index is 1.95. The van der Waals surface area contributed by atoms with Crippen LogP contribution in [0, 0.1) is 23.2 Å². The van der Waals surface area contributed by atoms with Crippen molar-refractivity contribution in [2.24, 2.45) is 23.2 Å². The maximum Gasteiger partial charge on any atom is 0.192 e. The summed E-state index contributed by atoms with van der Waals surface area (Å²) < 4.78 is 27.5. The molecule has 9 heteroatoms. The van der Waals surface area contributed by atoms with Gasteiger partial charge < -0.3 is 17.7 Å². The molecule has 3 unspecified atom stereocenters. The molecule has 0 amide bonds. The molecule has 5 nitrogen and oxygen atoms in total. The van der Waals surface area contributed by atoms with Gasteiger partial charge in [-0.25, -0.2) is 0 Å².